The highest BCUT2D eigenvalue weighted by Gasteiger charge is 2.06. The Labute approximate surface area is 89.8 Å². The molecule has 0 atom stereocenters. The minimum absolute atomic E-state index is 0.767. The second-order valence-electron chi connectivity index (χ2n) is 3.25. The van der Waals surface area contributed by atoms with Gasteiger partial charge in [0.05, 0.1) is 15.9 Å². The van der Waals surface area contributed by atoms with E-state index in [1.165, 1.54) is 4.70 Å². The van der Waals surface area contributed by atoms with Crippen LogP contribution < -0.4 is 0 Å². The SMILES string of the molecule is Cc1cn2c(n1)sc1ccc(Cl)cc12. The summed E-state index contributed by atoms with van der Waals surface area (Å²) in [6.07, 6.45) is 2.03. The number of hydrogen-bond donors (Lipinski definition) is 0. The van der Waals surface area contributed by atoms with Gasteiger partial charge in [-0.3, -0.25) is 4.40 Å². The molecular weight excluding hydrogens is 216 g/mol. The van der Waals surface area contributed by atoms with Gasteiger partial charge in [-0.2, -0.15) is 0 Å². The van der Waals surface area contributed by atoms with E-state index < -0.39 is 0 Å². The highest BCUT2D eigenvalue weighted by atomic mass is 35.5. The Morgan fingerprint density at radius 1 is 1.43 bits per heavy atom. The largest absolute Gasteiger partial charge is 0.290 e. The normalized spacial score (nSPS) is 11.6. The molecule has 0 N–H and O–H groups in total. The summed E-state index contributed by atoms with van der Waals surface area (Å²) in [5, 5.41) is 0.767. The second-order valence-corrected chi connectivity index (χ2v) is 4.69. The lowest BCUT2D eigenvalue weighted by molar-refractivity contribution is 1.28. The number of aryl methyl sites for hydroxylation is 1. The van der Waals surface area contributed by atoms with Crippen LogP contribution in [0.25, 0.3) is 15.2 Å². The van der Waals surface area contributed by atoms with Gasteiger partial charge in [0.2, 0.25) is 0 Å². The van der Waals surface area contributed by atoms with Crippen molar-refractivity contribution in [1.29, 1.82) is 0 Å². The summed E-state index contributed by atoms with van der Waals surface area (Å²) in [6.45, 7) is 2.00. The number of aromatic nitrogens is 2. The molecule has 0 spiro atoms. The van der Waals surface area contributed by atoms with Crippen LogP contribution in [-0.4, -0.2) is 9.38 Å². The third-order valence-corrected chi connectivity index (χ3v) is 3.45. The van der Waals surface area contributed by atoms with E-state index in [0.717, 1.165) is 21.2 Å². The molecule has 2 heterocycles. The summed E-state index contributed by atoms with van der Waals surface area (Å²) < 4.78 is 3.30. The summed E-state index contributed by atoms with van der Waals surface area (Å²) in [4.78, 5) is 5.45. The Balaban J connectivity index is 2.55. The number of nitrogens with zero attached hydrogens (tertiary/aromatic N) is 2. The smallest absolute Gasteiger partial charge is 0.194 e. The monoisotopic (exact) mass is 222 g/mol. The van der Waals surface area contributed by atoms with Crippen molar-refractivity contribution in [2.24, 2.45) is 0 Å². The summed E-state index contributed by atoms with van der Waals surface area (Å²) >= 11 is 7.64. The first kappa shape index (κ1) is 8.26. The quantitative estimate of drug-likeness (QED) is 0.569. The Morgan fingerprint density at radius 3 is 3.14 bits per heavy atom. The first-order valence-electron chi connectivity index (χ1n) is 4.28. The van der Waals surface area contributed by atoms with E-state index in [4.69, 9.17) is 11.6 Å². The molecule has 14 heavy (non-hydrogen) atoms. The number of halogens is 1. The second kappa shape index (κ2) is 2.72. The molecule has 0 radical (unpaired) electrons. The first-order valence-corrected chi connectivity index (χ1v) is 5.47. The van der Waals surface area contributed by atoms with Gasteiger partial charge in [0.1, 0.15) is 0 Å². The molecule has 2 nitrogen and oxygen atoms in total. The highest BCUT2D eigenvalue weighted by molar-refractivity contribution is 7.23. The van der Waals surface area contributed by atoms with Crippen LogP contribution in [0.3, 0.4) is 0 Å². The van der Waals surface area contributed by atoms with Crippen molar-refractivity contribution in [3.63, 3.8) is 0 Å². The van der Waals surface area contributed by atoms with Crippen LogP contribution in [0.5, 0.6) is 0 Å². The third kappa shape index (κ3) is 1.06. The third-order valence-electron chi connectivity index (χ3n) is 2.18. The molecule has 0 saturated heterocycles. The van der Waals surface area contributed by atoms with Crippen molar-refractivity contribution in [1.82, 2.24) is 9.38 Å². The number of rotatable bonds is 0. The summed E-state index contributed by atoms with van der Waals surface area (Å²) in [5.74, 6) is 0. The average Bonchev–Trinajstić information content (AvgIpc) is 2.62. The maximum absolute atomic E-state index is 5.95. The first-order chi connectivity index (χ1) is 6.74. The lowest BCUT2D eigenvalue weighted by Crippen LogP contribution is -1.75. The summed E-state index contributed by atoms with van der Waals surface area (Å²) in [7, 11) is 0. The van der Waals surface area contributed by atoms with Crippen LogP contribution in [0, 0.1) is 6.92 Å². The van der Waals surface area contributed by atoms with Crippen LogP contribution in [-0.2, 0) is 0 Å². The number of hydrogen-bond acceptors (Lipinski definition) is 2. The molecule has 1 aromatic carbocycles. The fourth-order valence-corrected chi connectivity index (χ4v) is 2.78. The van der Waals surface area contributed by atoms with Crippen LogP contribution >= 0.6 is 22.9 Å². The molecule has 0 saturated carbocycles. The topological polar surface area (TPSA) is 17.3 Å². The molecule has 0 aliphatic heterocycles. The summed E-state index contributed by atoms with van der Waals surface area (Å²) in [5.41, 5.74) is 2.18. The van der Waals surface area contributed by atoms with Gasteiger partial charge in [-0.1, -0.05) is 22.9 Å². The number of benzene rings is 1. The van der Waals surface area contributed by atoms with Gasteiger partial charge in [0.15, 0.2) is 4.96 Å². The van der Waals surface area contributed by atoms with Gasteiger partial charge >= 0.3 is 0 Å². The lowest BCUT2D eigenvalue weighted by Gasteiger charge is -1.91. The van der Waals surface area contributed by atoms with E-state index >= 15 is 0 Å². The minimum Gasteiger partial charge on any atom is -0.290 e. The standard InChI is InChI=1S/C10H7ClN2S/c1-6-5-13-8-4-7(11)2-3-9(8)14-10(13)12-6/h2-5H,1H3. The zero-order valence-electron chi connectivity index (χ0n) is 7.49. The zero-order chi connectivity index (χ0) is 9.71. The van der Waals surface area contributed by atoms with Gasteiger partial charge in [-0.05, 0) is 25.1 Å². The fraction of sp³-hybridized carbons (Fsp3) is 0.100. The highest BCUT2D eigenvalue weighted by Crippen LogP contribution is 2.28. The molecular formula is C10H7ClN2S. The van der Waals surface area contributed by atoms with Crippen molar-refractivity contribution >= 4 is 38.1 Å². The molecule has 2 aromatic heterocycles. The van der Waals surface area contributed by atoms with E-state index in [9.17, 15) is 0 Å². The Bertz CT molecular complexity index is 623. The maximum atomic E-state index is 5.95. The van der Waals surface area contributed by atoms with Crippen molar-refractivity contribution in [3.8, 4) is 0 Å². The Hall–Kier alpha value is -1.06. The van der Waals surface area contributed by atoms with Crippen LogP contribution in [0.4, 0.5) is 0 Å². The van der Waals surface area contributed by atoms with Crippen LogP contribution in [0.2, 0.25) is 5.02 Å². The molecule has 0 amide bonds. The summed E-state index contributed by atoms with van der Waals surface area (Å²) in [6, 6.07) is 5.92. The van der Waals surface area contributed by atoms with Crippen LogP contribution in [0.15, 0.2) is 24.4 Å². The lowest BCUT2D eigenvalue weighted by atomic mass is 10.3. The molecule has 0 bridgehead atoms. The number of thiazole rings is 1. The van der Waals surface area contributed by atoms with Gasteiger partial charge in [0, 0.05) is 11.2 Å². The van der Waals surface area contributed by atoms with Crippen molar-refractivity contribution < 1.29 is 0 Å². The van der Waals surface area contributed by atoms with E-state index in [1.54, 1.807) is 11.3 Å². The van der Waals surface area contributed by atoms with Crippen molar-refractivity contribution in [3.05, 3.63) is 35.1 Å². The molecule has 4 heteroatoms. The van der Waals surface area contributed by atoms with E-state index in [-0.39, 0.29) is 0 Å². The molecule has 0 aliphatic rings. The van der Waals surface area contributed by atoms with Crippen molar-refractivity contribution in [2.45, 2.75) is 6.92 Å². The van der Waals surface area contributed by atoms with Crippen LogP contribution in [0.1, 0.15) is 5.69 Å². The van der Waals surface area contributed by atoms with E-state index in [1.807, 2.05) is 31.3 Å². The predicted molar refractivity (Wildman–Crippen MR) is 60.3 cm³/mol. The van der Waals surface area contributed by atoms with Gasteiger partial charge < -0.3 is 0 Å². The minimum atomic E-state index is 0.767. The van der Waals surface area contributed by atoms with Gasteiger partial charge in [-0.25, -0.2) is 4.98 Å². The predicted octanol–water partition coefficient (Wildman–Crippen LogP) is 3.51. The molecule has 70 valence electrons. The zero-order valence-corrected chi connectivity index (χ0v) is 9.06. The van der Waals surface area contributed by atoms with Gasteiger partial charge in [-0.15, -0.1) is 0 Å². The van der Waals surface area contributed by atoms with Crippen molar-refractivity contribution in [2.75, 3.05) is 0 Å². The average molecular weight is 223 g/mol. The Kier molecular flexibility index (Phi) is 1.60. The molecule has 0 aliphatic carbocycles. The number of imidazole rings is 1. The van der Waals surface area contributed by atoms with E-state index in [0.29, 0.717) is 0 Å². The van der Waals surface area contributed by atoms with Gasteiger partial charge in [0.25, 0.3) is 0 Å². The molecule has 0 unspecified atom stereocenters. The van der Waals surface area contributed by atoms with E-state index in [2.05, 4.69) is 9.38 Å². The molecule has 3 aromatic rings. The Morgan fingerprint density at radius 2 is 2.29 bits per heavy atom. The molecule has 3 rings (SSSR count). The number of fused-ring (bicyclic) bond motifs is 3. The maximum Gasteiger partial charge on any atom is 0.194 e. The fourth-order valence-electron chi connectivity index (χ4n) is 1.58. The molecule has 0 fully saturated rings.